The highest BCUT2D eigenvalue weighted by Crippen LogP contribution is 2.36. The van der Waals surface area contributed by atoms with Gasteiger partial charge >= 0.3 is 0 Å². The molecule has 0 spiro atoms. The van der Waals surface area contributed by atoms with Gasteiger partial charge in [0.1, 0.15) is 0 Å². The molecule has 3 rings (SSSR count). The molecule has 1 amide bonds. The molecular formula is C20H26N2O2S. The average Bonchev–Trinajstić information content (AvgIpc) is 3.21. The van der Waals surface area contributed by atoms with Crippen LogP contribution in [-0.2, 0) is 11.2 Å². The fourth-order valence-electron chi connectivity index (χ4n) is 3.62. The van der Waals surface area contributed by atoms with Gasteiger partial charge in [0.2, 0.25) is 0 Å². The summed E-state index contributed by atoms with van der Waals surface area (Å²) in [5.41, 5.74) is 3.05. The lowest BCUT2D eigenvalue weighted by Gasteiger charge is -2.28. The van der Waals surface area contributed by atoms with E-state index in [1.165, 1.54) is 10.4 Å². The summed E-state index contributed by atoms with van der Waals surface area (Å²) in [5.74, 6) is 0.0804. The van der Waals surface area contributed by atoms with Crippen molar-refractivity contribution in [1.82, 2.24) is 9.88 Å². The lowest BCUT2D eigenvalue weighted by molar-refractivity contribution is 0.0642. The van der Waals surface area contributed by atoms with Gasteiger partial charge in [0, 0.05) is 42.4 Å². The minimum Gasteiger partial charge on any atom is -0.384 e. The average molecular weight is 359 g/mol. The highest BCUT2D eigenvalue weighted by molar-refractivity contribution is 7.10. The number of carbonyl (C=O) groups excluding carboxylic acids is 1. The zero-order valence-corrected chi connectivity index (χ0v) is 16.1. The molecule has 1 aliphatic heterocycles. The van der Waals surface area contributed by atoms with Crippen molar-refractivity contribution in [3.63, 3.8) is 0 Å². The van der Waals surface area contributed by atoms with Crippen molar-refractivity contribution in [3.05, 3.63) is 51.5 Å². The van der Waals surface area contributed by atoms with Crippen molar-refractivity contribution < 1.29 is 9.53 Å². The molecule has 0 bridgehead atoms. The molecule has 4 nitrogen and oxygen atoms in total. The Labute approximate surface area is 153 Å². The number of aromatic nitrogens is 1. The van der Waals surface area contributed by atoms with Crippen molar-refractivity contribution >= 4 is 17.2 Å². The van der Waals surface area contributed by atoms with Gasteiger partial charge in [-0.3, -0.25) is 9.78 Å². The van der Waals surface area contributed by atoms with E-state index in [1.54, 1.807) is 24.6 Å². The highest BCUT2D eigenvalue weighted by Gasteiger charge is 2.40. The van der Waals surface area contributed by atoms with Crippen LogP contribution in [0.5, 0.6) is 0 Å². The van der Waals surface area contributed by atoms with E-state index >= 15 is 0 Å². The number of likely N-dealkylation sites (tertiary alicyclic amines) is 1. The van der Waals surface area contributed by atoms with E-state index in [0.717, 1.165) is 38.0 Å². The molecule has 25 heavy (non-hydrogen) atoms. The first kappa shape index (κ1) is 18.1. The summed E-state index contributed by atoms with van der Waals surface area (Å²) in [6.45, 7) is 6.33. The molecular weight excluding hydrogens is 332 g/mol. The Morgan fingerprint density at radius 1 is 1.40 bits per heavy atom. The lowest BCUT2D eigenvalue weighted by Crippen LogP contribution is -2.35. The van der Waals surface area contributed by atoms with Crippen LogP contribution < -0.4 is 0 Å². The lowest BCUT2D eigenvalue weighted by atomic mass is 9.82. The van der Waals surface area contributed by atoms with E-state index in [2.05, 4.69) is 23.4 Å². The number of carbonyl (C=O) groups is 1. The van der Waals surface area contributed by atoms with Gasteiger partial charge in [-0.05, 0) is 62.3 Å². The van der Waals surface area contributed by atoms with Crippen LogP contribution in [0.2, 0.25) is 0 Å². The van der Waals surface area contributed by atoms with E-state index in [4.69, 9.17) is 4.74 Å². The highest BCUT2D eigenvalue weighted by atomic mass is 32.1. The normalized spacial score (nSPS) is 20.2. The summed E-state index contributed by atoms with van der Waals surface area (Å²) < 4.78 is 5.52. The van der Waals surface area contributed by atoms with Gasteiger partial charge in [0.15, 0.2) is 0 Å². The van der Waals surface area contributed by atoms with E-state index in [0.29, 0.717) is 12.2 Å². The SMILES string of the molecule is COC[C@@]1(CCc2csc(C)c2)CCN(C(=O)c2ccc(C)nc2)C1. The minimum absolute atomic E-state index is 0.0539. The van der Waals surface area contributed by atoms with Crippen LogP contribution in [0, 0.1) is 19.3 Å². The fraction of sp³-hybridized carbons (Fsp3) is 0.500. The van der Waals surface area contributed by atoms with Crippen LogP contribution in [0.3, 0.4) is 0 Å². The van der Waals surface area contributed by atoms with Gasteiger partial charge in [-0.2, -0.15) is 0 Å². The van der Waals surface area contributed by atoms with Gasteiger partial charge in [-0.25, -0.2) is 0 Å². The van der Waals surface area contributed by atoms with Crippen LogP contribution in [0.4, 0.5) is 0 Å². The van der Waals surface area contributed by atoms with Gasteiger partial charge in [-0.15, -0.1) is 11.3 Å². The standard InChI is InChI=1S/C20H26N2O2S/c1-15-4-5-18(11-21-15)19(23)22-9-8-20(13-22,14-24-3)7-6-17-10-16(2)25-12-17/h4-5,10-12H,6-9,13-14H2,1-3H3/t20-/m0/s1. The Morgan fingerprint density at radius 2 is 2.24 bits per heavy atom. The van der Waals surface area contributed by atoms with Crippen molar-refractivity contribution in [3.8, 4) is 0 Å². The van der Waals surface area contributed by atoms with Crippen LogP contribution in [0.25, 0.3) is 0 Å². The second-order valence-corrected chi connectivity index (χ2v) is 8.28. The predicted octanol–water partition coefficient (Wildman–Crippen LogP) is 3.87. The summed E-state index contributed by atoms with van der Waals surface area (Å²) in [4.78, 5) is 20.3. The van der Waals surface area contributed by atoms with Crippen molar-refractivity contribution in [2.45, 2.75) is 33.1 Å². The maximum Gasteiger partial charge on any atom is 0.255 e. The topological polar surface area (TPSA) is 42.4 Å². The molecule has 1 saturated heterocycles. The van der Waals surface area contributed by atoms with Crippen molar-refractivity contribution in [2.75, 3.05) is 26.8 Å². The second kappa shape index (κ2) is 7.67. The van der Waals surface area contributed by atoms with Gasteiger partial charge in [-0.1, -0.05) is 0 Å². The number of methoxy groups -OCH3 is 1. The van der Waals surface area contributed by atoms with Crippen LogP contribution in [0.1, 0.15) is 39.3 Å². The first-order valence-electron chi connectivity index (χ1n) is 8.76. The monoisotopic (exact) mass is 358 g/mol. The van der Waals surface area contributed by atoms with Crippen molar-refractivity contribution in [2.24, 2.45) is 5.41 Å². The summed E-state index contributed by atoms with van der Waals surface area (Å²) >= 11 is 1.80. The fourth-order valence-corrected chi connectivity index (χ4v) is 4.37. The third-order valence-corrected chi connectivity index (χ3v) is 5.97. The van der Waals surface area contributed by atoms with Crippen LogP contribution in [-0.4, -0.2) is 42.6 Å². The van der Waals surface area contributed by atoms with Crippen LogP contribution in [0.15, 0.2) is 29.8 Å². The number of rotatable bonds is 6. The van der Waals surface area contributed by atoms with E-state index < -0.39 is 0 Å². The Bertz CT molecular complexity index is 726. The molecule has 134 valence electrons. The molecule has 1 atom stereocenters. The number of ether oxygens (including phenoxy) is 1. The zero-order chi connectivity index (χ0) is 17.9. The number of hydrogen-bond acceptors (Lipinski definition) is 4. The summed E-state index contributed by atoms with van der Waals surface area (Å²) in [5, 5.41) is 2.24. The maximum absolute atomic E-state index is 12.8. The number of pyridine rings is 1. The van der Waals surface area contributed by atoms with Crippen molar-refractivity contribution in [1.29, 1.82) is 0 Å². The first-order chi connectivity index (χ1) is 12.0. The molecule has 0 unspecified atom stereocenters. The third-order valence-electron chi connectivity index (χ3n) is 5.06. The summed E-state index contributed by atoms with van der Waals surface area (Å²) in [6.07, 6.45) is 4.77. The molecule has 2 aromatic heterocycles. The van der Waals surface area contributed by atoms with Gasteiger partial charge in [0.05, 0.1) is 12.2 Å². The first-order valence-corrected chi connectivity index (χ1v) is 9.64. The zero-order valence-electron chi connectivity index (χ0n) is 15.2. The smallest absolute Gasteiger partial charge is 0.255 e. The molecule has 0 saturated carbocycles. The molecule has 5 heteroatoms. The molecule has 3 heterocycles. The van der Waals surface area contributed by atoms with E-state index in [-0.39, 0.29) is 11.3 Å². The number of amides is 1. The maximum atomic E-state index is 12.8. The molecule has 1 aliphatic rings. The van der Waals surface area contributed by atoms with Gasteiger partial charge < -0.3 is 9.64 Å². The number of aryl methyl sites for hydroxylation is 3. The molecule has 0 aromatic carbocycles. The quantitative estimate of drug-likeness (QED) is 0.787. The molecule has 0 aliphatic carbocycles. The molecule has 0 radical (unpaired) electrons. The Morgan fingerprint density at radius 3 is 2.88 bits per heavy atom. The third kappa shape index (κ3) is 4.28. The largest absolute Gasteiger partial charge is 0.384 e. The Balaban J connectivity index is 1.67. The second-order valence-electron chi connectivity index (χ2n) is 7.16. The van der Waals surface area contributed by atoms with Crippen LogP contribution >= 0.6 is 11.3 Å². The van der Waals surface area contributed by atoms with Gasteiger partial charge in [0.25, 0.3) is 5.91 Å². The molecule has 0 N–H and O–H groups in total. The predicted molar refractivity (Wildman–Crippen MR) is 101 cm³/mol. The number of nitrogens with zero attached hydrogens (tertiary/aromatic N) is 2. The number of hydrogen-bond donors (Lipinski definition) is 0. The Kier molecular flexibility index (Phi) is 5.54. The number of thiophene rings is 1. The van der Waals surface area contributed by atoms with E-state index in [9.17, 15) is 4.79 Å². The summed E-state index contributed by atoms with van der Waals surface area (Å²) in [7, 11) is 1.75. The summed E-state index contributed by atoms with van der Waals surface area (Å²) in [6, 6.07) is 6.03. The molecule has 1 fully saturated rings. The molecule has 2 aromatic rings. The minimum atomic E-state index is 0.0539. The van der Waals surface area contributed by atoms with E-state index in [1.807, 2.05) is 24.0 Å². The Hall–Kier alpha value is -1.72.